The molecule has 0 spiro atoms. The molecule has 0 radical (unpaired) electrons. The molecule has 0 fully saturated rings. The highest BCUT2D eigenvalue weighted by Gasteiger charge is 2.10. The second kappa shape index (κ2) is 8.25. The van der Waals surface area contributed by atoms with E-state index in [2.05, 4.69) is 22.1 Å². The number of pyridine rings is 1. The second-order valence-corrected chi connectivity index (χ2v) is 4.00. The Morgan fingerprint density at radius 1 is 1.58 bits per heavy atom. The van der Waals surface area contributed by atoms with Gasteiger partial charge in [-0.25, -0.2) is 0 Å². The summed E-state index contributed by atoms with van der Waals surface area (Å²) < 4.78 is 5.24. The largest absolute Gasteiger partial charge is 0.380 e. The molecule has 1 aromatic rings. The van der Waals surface area contributed by atoms with E-state index < -0.39 is 0 Å². The fourth-order valence-electron chi connectivity index (χ4n) is 1.43. The molecule has 0 saturated carbocycles. The Balaban J connectivity index is 2.66. The summed E-state index contributed by atoms with van der Waals surface area (Å²) in [7, 11) is 0. The average Bonchev–Trinajstić information content (AvgIpc) is 2.43. The van der Waals surface area contributed by atoms with Crippen molar-refractivity contribution in [1.29, 1.82) is 0 Å². The van der Waals surface area contributed by atoms with Crippen molar-refractivity contribution in [1.82, 2.24) is 10.3 Å². The van der Waals surface area contributed by atoms with Gasteiger partial charge in [-0.05, 0) is 19.9 Å². The highest BCUT2D eigenvalue weighted by molar-refractivity contribution is 5.94. The van der Waals surface area contributed by atoms with Crippen LogP contribution in [0.5, 0.6) is 0 Å². The standard InChI is InChI=1S/C14H19N3O2/c1-3-19-10-11(2)17-14(18)13-7-12(5-4-6-15)8-16-9-13/h7-9,11H,3,6,10,15H2,1-2H3,(H,17,18). The van der Waals surface area contributed by atoms with Crippen LogP contribution in [-0.2, 0) is 4.74 Å². The number of nitrogens with one attached hydrogen (secondary N) is 1. The van der Waals surface area contributed by atoms with Crippen molar-refractivity contribution in [3.63, 3.8) is 0 Å². The summed E-state index contributed by atoms with van der Waals surface area (Å²) in [6, 6.07) is 1.64. The molecule has 3 N–H and O–H groups in total. The van der Waals surface area contributed by atoms with Crippen LogP contribution in [-0.4, -0.2) is 36.7 Å². The van der Waals surface area contributed by atoms with Gasteiger partial charge in [-0.2, -0.15) is 0 Å². The van der Waals surface area contributed by atoms with E-state index in [1.807, 2.05) is 13.8 Å². The van der Waals surface area contributed by atoms with Crippen LogP contribution in [0.3, 0.4) is 0 Å². The Labute approximate surface area is 113 Å². The van der Waals surface area contributed by atoms with E-state index in [0.29, 0.717) is 24.3 Å². The molecule has 1 atom stereocenters. The minimum atomic E-state index is -0.184. The number of nitrogens with two attached hydrogens (primary N) is 1. The van der Waals surface area contributed by atoms with Crippen LogP contribution in [0, 0.1) is 11.8 Å². The van der Waals surface area contributed by atoms with Crippen molar-refractivity contribution in [3.8, 4) is 11.8 Å². The number of ether oxygens (including phenoxy) is 1. The molecule has 0 aromatic carbocycles. The number of nitrogens with zero attached hydrogens (tertiary/aromatic N) is 1. The number of carbonyl (C=O) groups excluding carboxylic acids is 1. The van der Waals surface area contributed by atoms with Gasteiger partial charge in [-0.15, -0.1) is 0 Å². The van der Waals surface area contributed by atoms with E-state index in [4.69, 9.17) is 10.5 Å². The number of carbonyl (C=O) groups is 1. The predicted octanol–water partition coefficient (Wildman–Crippen LogP) is 0.547. The van der Waals surface area contributed by atoms with Crippen molar-refractivity contribution in [2.45, 2.75) is 19.9 Å². The molecule has 1 aromatic heterocycles. The maximum atomic E-state index is 12.0. The number of hydrogen-bond donors (Lipinski definition) is 2. The molecule has 0 bridgehead atoms. The van der Waals surface area contributed by atoms with Crippen molar-refractivity contribution >= 4 is 5.91 Å². The molecule has 102 valence electrons. The smallest absolute Gasteiger partial charge is 0.253 e. The second-order valence-electron chi connectivity index (χ2n) is 4.00. The zero-order chi connectivity index (χ0) is 14.1. The Bertz CT molecular complexity index is 477. The summed E-state index contributed by atoms with van der Waals surface area (Å²) in [5.41, 5.74) is 6.45. The number of rotatable bonds is 5. The Hall–Kier alpha value is -1.90. The molecule has 0 aliphatic carbocycles. The van der Waals surface area contributed by atoms with Gasteiger partial charge in [-0.3, -0.25) is 9.78 Å². The molecule has 5 heteroatoms. The minimum absolute atomic E-state index is 0.0498. The van der Waals surface area contributed by atoms with Gasteiger partial charge in [0.2, 0.25) is 0 Å². The summed E-state index contributed by atoms with van der Waals surface area (Å²) in [5.74, 6) is 5.39. The highest BCUT2D eigenvalue weighted by atomic mass is 16.5. The van der Waals surface area contributed by atoms with Crippen LogP contribution < -0.4 is 11.1 Å². The summed E-state index contributed by atoms with van der Waals surface area (Å²) in [6.45, 7) is 5.20. The number of aromatic nitrogens is 1. The minimum Gasteiger partial charge on any atom is -0.380 e. The SMILES string of the molecule is CCOCC(C)NC(=O)c1cncc(C#CCN)c1. The van der Waals surface area contributed by atoms with E-state index in [-0.39, 0.29) is 18.5 Å². The molecule has 5 nitrogen and oxygen atoms in total. The molecule has 1 rings (SSSR count). The fourth-order valence-corrected chi connectivity index (χ4v) is 1.43. The van der Waals surface area contributed by atoms with Gasteiger partial charge in [0, 0.05) is 30.6 Å². The third kappa shape index (κ3) is 5.51. The molecule has 0 aliphatic rings. The van der Waals surface area contributed by atoms with E-state index in [0.717, 1.165) is 0 Å². The first-order valence-electron chi connectivity index (χ1n) is 6.20. The molecule has 0 aliphatic heterocycles. The van der Waals surface area contributed by atoms with Gasteiger partial charge < -0.3 is 15.8 Å². The Kier molecular flexibility index (Phi) is 6.58. The van der Waals surface area contributed by atoms with Crippen LogP contribution in [0.2, 0.25) is 0 Å². The predicted molar refractivity (Wildman–Crippen MR) is 73.6 cm³/mol. The number of hydrogen-bond acceptors (Lipinski definition) is 4. The fraction of sp³-hybridized carbons (Fsp3) is 0.429. The van der Waals surface area contributed by atoms with Crippen molar-refractivity contribution < 1.29 is 9.53 Å². The van der Waals surface area contributed by atoms with Crippen LogP contribution in [0.25, 0.3) is 0 Å². The third-order valence-corrected chi connectivity index (χ3v) is 2.28. The molecule has 1 heterocycles. The monoisotopic (exact) mass is 261 g/mol. The first-order valence-corrected chi connectivity index (χ1v) is 6.20. The highest BCUT2D eigenvalue weighted by Crippen LogP contribution is 2.02. The lowest BCUT2D eigenvalue weighted by Crippen LogP contribution is -2.36. The molecule has 19 heavy (non-hydrogen) atoms. The average molecular weight is 261 g/mol. The first-order chi connectivity index (χ1) is 9.17. The van der Waals surface area contributed by atoms with E-state index in [1.54, 1.807) is 12.3 Å². The summed E-state index contributed by atoms with van der Waals surface area (Å²) in [4.78, 5) is 16.0. The number of amides is 1. The topological polar surface area (TPSA) is 77.2 Å². The quantitative estimate of drug-likeness (QED) is 0.759. The summed E-state index contributed by atoms with van der Waals surface area (Å²) in [5, 5.41) is 2.84. The zero-order valence-electron chi connectivity index (χ0n) is 11.3. The lowest BCUT2D eigenvalue weighted by molar-refractivity contribution is 0.0871. The lowest BCUT2D eigenvalue weighted by Gasteiger charge is -2.13. The maximum absolute atomic E-state index is 12.0. The van der Waals surface area contributed by atoms with Gasteiger partial charge in [0.15, 0.2) is 0 Å². The molecule has 0 saturated heterocycles. The van der Waals surface area contributed by atoms with E-state index in [9.17, 15) is 4.79 Å². The van der Waals surface area contributed by atoms with E-state index in [1.165, 1.54) is 6.20 Å². The van der Waals surface area contributed by atoms with Gasteiger partial charge in [-0.1, -0.05) is 11.8 Å². The van der Waals surface area contributed by atoms with Crippen LogP contribution in [0.4, 0.5) is 0 Å². The van der Waals surface area contributed by atoms with Crippen LogP contribution in [0.15, 0.2) is 18.5 Å². The molecular weight excluding hydrogens is 242 g/mol. The molecule has 1 amide bonds. The van der Waals surface area contributed by atoms with Crippen molar-refractivity contribution in [2.75, 3.05) is 19.8 Å². The normalized spacial score (nSPS) is 11.3. The first kappa shape index (κ1) is 15.2. The molecule has 1 unspecified atom stereocenters. The van der Waals surface area contributed by atoms with Gasteiger partial charge >= 0.3 is 0 Å². The third-order valence-electron chi connectivity index (χ3n) is 2.28. The van der Waals surface area contributed by atoms with Crippen LogP contribution >= 0.6 is 0 Å². The van der Waals surface area contributed by atoms with Crippen molar-refractivity contribution in [3.05, 3.63) is 29.6 Å². The van der Waals surface area contributed by atoms with Gasteiger partial charge in [0.05, 0.1) is 18.7 Å². The zero-order valence-corrected chi connectivity index (χ0v) is 11.3. The van der Waals surface area contributed by atoms with Crippen molar-refractivity contribution in [2.24, 2.45) is 5.73 Å². The maximum Gasteiger partial charge on any atom is 0.253 e. The Morgan fingerprint density at radius 3 is 3.05 bits per heavy atom. The summed E-state index contributed by atoms with van der Waals surface area (Å²) in [6.07, 6.45) is 3.11. The lowest BCUT2D eigenvalue weighted by atomic mass is 10.2. The van der Waals surface area contributed by atoms with E-state index >= 15 is 0 Å². The summed E-state index contributed by atoms with van der Waals surface area (Å²) >= 11 is 0. The molecular formula is C14H19N3O2. The van der Waals surface area contributed by atoms with Gasteiger partial charge in [0.25, 0.3) is 5.91 Å². The van der Waals surface area contributed by atoms with Crippen LogP contribution in [0.1, 0.15) is 29.8 Å². The Morgan fingerprint density at radius 2 is 2.37 bits per heavy atom. The van der Waals surface area contributed by atoms with Gasteiger partial charge in [0.1, 0.15) is 0 Å².